The molecule has 0 unspecified atom stereocenters. The number of amides is 1. The maximum Gasteiger partial charge on any atom is 0.255 e. The molecule has 6 heteroatoms. The molecule has 3 rings (SSSR count). The number of likely N-dealkylation sites (N-methyl/N-ethyl adjacent to an activating group) is 1. The van der Waals surface area contributed by atoms with Crippen LogP contribution in [0.4, 0.5) is 0 Å². The minimum atomic E-state index is -0.700. The first-order valence-corrected chi connectivity index (χ1v) is 7.96. The number of ether oxygens (including phenoxy) is 1. The fraction of sp³-hybridized carbons (Fsp3) is 0.688. The molecule has 1 aromatic rings. The molecule has 0 aromatic carbocycles. The number of rotatable bonds is 2. The Balaban J connectivity index is 1.60. The predicted molar refractivity (Wildman–Crippen MR) is 82.4 cm³/mol. The van der Waals surface area contributed by atoms with Gasteiger partial charge in [-0.3, -0.25) is 4.79 Å². The van der Waals surface area contributed by atoms with Crippen LogP contribution in [0.1, 0.15) is 31.4 Å². The molecule has 120 valence electrons. The van der Waals surface area contributed by atoms with Gasteiger partial charge in [-0.05, 0) is 32.9 Å². The number of likely N-dealkylation sites (tertiary alicyclic amines) is 1. The van der Waals surface area contributed by atoms with Gasteiger partial charge in [-0.1, -0.05) is 0 Å². The molecule has 0 saturated carbocycles. The Morgan fingerprint density at radius 1 is 1.36 bits per heavy atom. The number of nitrogens with zero attached hydrogens (tertiary/aromatic N) is 4. The highest BCUT2D eigenvalue weighted by Gasteiger charge is 2.41. The molecule has 2 aliphatic heterocycles. The molecule has 3 heterocycles. The van der Waals surface area contributed by atoms with Crippen LogP contribution in [0.5, 0.6) is 0 Å². The second-order valence-corrected chi connectivity index (χ2v) is 6.52. The third-order valence-electron chi connectivity index (χ3n) is 4.72. The van der Waals surface area contributed by atoms with Crippen molar-refractivity contribution in [1.82, 2.24) is 19.8 Å². The summed E-state index contributed by atoms with van der Waals surface area (Å²) in [4.78, 5) is 25.2. The van der Waals surface area contributed by atoms with E-state index in [0.29, 0.717) is 19.1 Å². The molecule has 1 aromatic heterocycles. The number of aromatic nitrogens is 2. The lowest BCUT2D eigenvalue weighted by atomic mass is 9.92. The Kier molecular flexibility index (Phi) is 4.40. The standard InChI is InChI=1S/C16H24N4O2/c1-16(11-19(2)9-10-22-16)15(21)20-7-4-13(5-8-20)14-3-6-17-12-18-14/h3,6,12-13H,4-5,7-11H2,1-2H3/t16-/m1/s1. The van der Waals surface area contributed by atoms with Crippen molar-refractivity contribution < 1.29 is 9.53 Å². The molecule has 6 nitrogen and oxygen atoms in total. The first kappa shape index (κ1) is 15.4. The van der Waals surface area contributed by atoms with Crippen LogP contribution in [0.15, 0.2) is 18.6 Å². The zero-order valence-corrected chi connectivity index (χ0v) is 13.4. The molecule has 1 atom stereocenters. The lowest BCUT2D eigenvalue weighted by molar-refractivity contribution is -0.167. The predicted octanol–water partition coefficient (Wildman–Crippen LogP) is 0.903. The highest BCUT2D eigenvalue weighted by molar-refractivity contribution is 5.85. The SMILES string of the molecule is CN1CCO[C@@](C)(C(=O)N2CCC(c3ccncn3)CC2)C1. The van der Waals surface area contributed by atoms with E-state index in [1.54, 1.807) is 12.5 Å². The van der Waals surface area contributed by atoms with Gasteiger partial charge in [-0.25, -0.2) is 9.97 Å². The van der Waals surface area contributed by atoms with Crippen molar-refractivity contribution in [2.75, 3.05) is 39.8 Å². The van der Waals surface area contributed by atoms with Crippen molar-refractivity contribution in [3.63, 3.8) is 0 Å². The van der Waals surface area contributed by atoms with Crippen molar-refractivity contribution in [2.45, 2.75) is 31.3 Å². The third-order valence-corrected chi connectivity index (χ3v) is 4.72. The van der Waals surface area contributed by atoms with Crippen LogP contribution in [0, 0.1) is 0 Å². The monoisotopic (exact) mass is 304 g/mol. The first-order valence-electron chi connectivity index (χ1n) is 7.96. The zero-order chi connectivity index (χ0) is 15.6. The van der Waals surface area contributed by atoms with Gasteiger partial charge in [0.05, 0.1) is 6.61 Å². The van der Waals surface area contributed by atoms with Crippen molar-refractivity contribution in [3.8, 4) is 0 Å². The molecule has 0 N–H and O–H groups in total. The number of hydrogen-bond donors (Lipinski definition) is 0. The molecule has 2 fully saturated rings. The van der Waals surface area contributed by atoms with Crippen LogP contribution in [-0.4, -0.2) is 71.1 Å². The second-order valence-electron chi connectivity index (χ2n) is 6.52. The van der Waals surface area contributed by atoms with E-state index >= 15 is 0 Å². The molecular weight excluding hydrogens is 280 g/mol. The Labute approximate surface area is 131 Å². The third kappa shape index (κ3) is 3.13. The summed E-state index contributed by atoms with van der Waals surface area (Å²) < 4.78 is 5.81. The molecule has 2 aliphatic rings. The van der Waals surface area contributed by atoms with Gasteiger partial charge < -0.3 is 14.5 Å². The van der Waals surface area contributed by atoms with Gasteiger partial charge in [0.15, 0.2) is 5.60 Å². The van der Waals surface area contributed by atoms with Gasteiger partial charge in [0.2, 0.25) is 0 Å². The second kappa shape index (κ2) is 6.30. The van der Waals surface area contributed by atoms with Crippen LogP contribution < -0.4 is 0 Å². The highest BCUT2D eigenvalue weighted by Crippen LogP contribution is 2.28. The molecule has 0 radical (unpaired) electrons. The van der Waals surface area contributed by atoms with E-state index in [-0.39, 0.29) is 5.91 Å². The fourth-order valence-corrected chi connectivity index (χ4v) is 3.45. The largest absolute Gasteiger partial charge is 0.363 e. The molecule has 2 saturated heterocycles. The smallest absolute Gasteiger partial charge is 0.255 e. The number of piperidine rings is 1. The fourth-order valence-electron chi connectivity index (χ4n) is 3.45. The average Bonchev–Trinajstić information content (AvgIpc) is 2.55. The van der Waals surface area contributed by atoms with E-state index in [9.17, 15) is 4.79 Å². The Bertz CT molecular complexity index is 516. The van der Waals surface area contributed by atoms with E-state index in [1.165, 1.54) is 0 Å². The van der Waals surface area contributed by atoms with Crippen molar-refractivity contribution in [1.29, 1.82) is 0 Å². The maximum atomic E-state index is 12.8. The van der Waals surface area contributed by atoms with E-state index < -0.39 is 5.60 Å². The van der Waals surface area contributed by atoms with Crippen LogP contribution in [-0.2, 0) is 9.53 Å². The lowest BCUT2D eigenvalue weighted by Crippen LogP contribution is -2.59. The number of morpholine rings is 1. The minimum Gasteiger partial charge on any atom is -0.363 e. The molecule has 0 bridgehead atoms. The van der Waals surface area contributed by atoms with Gasteiger partial charge in [0, 0.05) is 44.0 Å². The first-order chi connectivity index (χ1) is 10.6. The number of hydrogen-bond acceptors (Lipinski definition) is 5. The summed E-state index contributed by atoms with van der Waals surface area (Å²) in [6.07, 6.45) is 5.29. The van der Waals surface area contributed by atoms with Gasteiger partial charge in [-0.15, -0.1) is 0 Å². The quantitative estimate of drug-likeness (QED) is 0.812. The van der Waals surface area contributed by atoms with Gasteiger partial charge >= 0.3 is 0 Å². The van der Waals surface area contributed by atoms with Crippen LogP contribution in [0.25, 0.3) is 0 Å². The molecule has 0 aliphatic carbocycles. The molecule has 0 spiro atoms. The summed E-state index contributed by atoms with van der Waals surface area (Å²) >= 11 is 0. The van der Waals surface area contributed by atoms with E-state index in [2.05, 4.69) is 14.9 Å². The van der Waals surface area contributed by atoms with Gasteiger partial charge in [0.1, 0.15) is 6.33 Å². The molecule has 22 heavy (non-hydrogen) atoms. The highest BCUT2D eigenvalue weighted by atomic mass is 16.5. The van der Waals surface area contributed by atoms with Crippen LogP contribution in [0.3, 0.4) is 0 Å². The Hall–Kier alpha value is -1.53. The molecule has 1 amide bonds. The summed E-state index contributed by atoms with van der Waals surface area (Å²) in [7, 11) is 2.04. The number of carbonyl (C=O) groups is 1. The van der Waals surface area contributed by atoms with Crippen LogP contribution >= 0.6 is 0 Å². The van der Waals surface area contributed by atoms with Crippen molar-refractivity contribution >= 4 is 5.91 Å². The summed E-state index contributed by atoms with van der Waals surface area (Å²) in [6.45, 7) is 5.64. The summed E-state index contributed by atoms with van der Waals surface area (Å²) in [6, 6.07) is 1.97. The normalized spacial score (nSPS) is 27.8. The molecular formula is C16H24N4O2. The van der Waals surface area contributed by atoms with E-state index in [0.717, 1.165) is 38.2 Å². The maximum absolute atomic E-state index is 12.8. The lowest BCUT2D eigenvalue weighted by Gasteiger charge is -2.42. The Morgan fingerprint density at radius 2 is 2.14 bits per heavy atom. The van der Waals surface area contributed by atoms with E-state index in [4.69, 9.17) is 4.74 Å². The van der Waals surface area contributed by atoms with Crippen molar-refractivity contribution in [2.24, 2.45) is 0 Å². The summed E-state index contributed by atoms with van der Waals surface area (Å²) in [5.41, 5.74) is 0.385. The van der Waals surface area contributed by atoms with Crippen molar-refractivity contribution in [3.05, 3.63) is 24.3 Å². The topological polar surface area (TPSA) is 58.6 Å². The van der Waals surface area contributed by atoms with E-state index in [1.807, 2.05) is 24.9 Å². The minimum absolute atomic E-state index is 0.125. The average molecular weight is 304 g/mol. The van der Waals surface area contributed by atoms with Gasteiger partial charge in [0.25, 0.3) is 5.91 Å². The van der Waals surface area contributed by atoms with Crippen LogP contribution in [0.2, 0.25) is 0 Å². The number of carbonyl (C=O) groups excluding carboxylic acids is 1. The Morgan fingerprint density at radius 3 is 2.77 bits per heavy atom. The summed E-state index contributed by atoms with van der Waals surface area (Å²) in [5, 5.41) is 0. The zero-order valence-electron chi connectivity index (χ0n) is 13.4. The van der Waals surface area contributed by atoms with Gasteiger partial charge in [-0.2, -0.15) is 0 Å². The summed E-state index contributed by atoms with van der Waals surface area (Å²) in [5.74, 6) is 0.551.